The number of hydrogen-bond donors (Lipinski definition) is 2. The summed E-state index contributed by atoms with van der Waals surface area (Å²) in [6.07, 6.45) is 0. The molecule has 2 aromatic carbocycles. The van der Waals surface area contributed by atoms with Gasteiger partial charge in [0.25, 0.3) is 0 Å². The van der Waals surface area contributed by atoms with Gasteiger partial charge in [0.1, 0.15) is 5.75 Å². The van der Waals surface area contributed by atoms with Crippen LogP contribution in [0.5, 0.6) is 23.0 Å². The van der Waals surface area contributed by atoms with Crippen molar-refractivity contribution in [2.45, 2.75) is 0 Å². The number of benzene rings is 2. The smallest absolute Gasteiger partial charge is 0.203 e. The van der Waals surface area contributed by atoms with Gasteiger partial charge in [-0.2, -0.15) is 0 Å². The van der Waals surface area contributed by atoms with Crippen molar-refractivity contribution in [3.8, 4) is 34.8 Å². The molecule has 2 N–H and O–H groups in total. The van der Waals surface area contributed by atoms with Gasteiger partial charge in [-0.15, -0.1) is 0 Å². The van der Waals surface area contributed by atoms with Crippen LogP contribution in [0.2, 0.25) is 0 Å². The molecular formula is C16H14O4. The molecule has 0 radical (unpaired) electrons. The highest BCUT2D eigenvalue weighted by Gasteiger charge is 2.10. The summed E-state index contributed by atoms with van der Waals surface area (Å²) in [6.45, 7) is 0. The van der Waals surface area contributed by atoms with Crippen molar-refractivity contribution in [3.63, 3.8) is 0 Å². The average Bonchev–Trinajstić information content (AvgIpc) is 2.46. The first-order chi connectivity index (χ1) is 9.63. The van der Waals surface area contributed by atoms with Crippen molar-refractivity contribution in [3.05, 3.63) is 47.5 Å². The van der Waals surface area contributed by atoms with E-state index in [0.717, 1.165) is 5.56 Å². The molecule has 0 unspecified atom stereocenters. The summed E-state index contributed by atoms with van der Waals surface area (Å²) in [7, 11) is 2.95. The van der Waals surface area contributed by atoms with Crippen molar-refractivity contribution < 1.29 is 19.7 Å². The number of hydrogen-bond acceptors (Lipinski definition) is 4. The highest BCUT2D eigenvalue weighted by atomic mass is 16.5. The van der Waals surface area contributed by atoms with Crippen molar-refractivity contribution in [2.24, 2.45) is 0 Å². The van der Waals surface area contributed by atoms with Crippen LogP contribution in [0.25, 0.3) is 0 Å². The summed E-state index contributed by atoms with van der Waals surface area (Å²) < 4.78 is 10.2. The largest absolute Gasteiger partial charge is 0.508 e. The van der Waals surface area contributed by atoms with Gasteiger partial charge in [-0.25, -0.2) is 0 Å². The molecule has 0 spiro atoms. The minimum atomic E-state index is -0.0261. The van der Waals surface area contributed by atoms with Crippen LogP contribution in [0, 0.1) is 11.8 Å². The fourth-order valence-electron chi connectivity index (χ4n) is 1.71. The maximum atomic E-state index is 9.83. The van der Waals surface area contributed by atoms with Crippen LogP contribution in [-0.4, -0.2) is 24.4 Å². The molecular weight excluding hydrogens is 256 g/mol. The SMILES string of the molecule is COc1cc(C#Cc2ccc(O)cc2)cc(O)c1OC. The third kappa shape index (κ3) is 2.96. The van der Waals surface area contributed by atoms with Gasteiger partial charge < -0.3 is 19.7 Å². The molecule has 0 atom stereocenters. The van der Waals surface area contributed by atoms with Gasteiger partial charge in [0.15, 0.2) is 11.5 Å². The lowest BCUT2D eigenvalue weighted by atomic mass is 10.1. The van der Waals surface area contributed by atoms with E-state index in [1.165, 1.54) is 20.3 Å². The van der Waals surface area contributed by atoms with Crippen LogP contribution in [0.1, 0.15) is 11.1 Å². The first kappa shape index (κ1) is 13.6. The molecule has 0 saturated heterocycles. The number of phenols is 2. The zero-order chi connectivity index (χ0) is 14.5. The number of aromatic hydroxyl groups is 2. The molecule has 4 nitrogen and oxygen atoms in total. The first-order valence-corrected chi connectivity index (χ1v) is 5.90. The van der Waals surface area contributed by atoms with Crippen molar-refractivity contribution in [2.75, 3.05) is 14.2 Å². The van der Waals surface area contributed by atoms with Crippen LogP contribution >= 0.6 is 0 Å². The summed E-state index contributed by atoms with van der Waals surface area (Å²) >= 11 is 0. The Bertz CT molecular complexity index is 663. The third-order valence-electron chi connectivity index (χ3n) is 2.68. The summed E-state index contributed by atoms with van der Waals surface area (Å²) in [5, 5.41) is 19.0. The van der Waals surface area contributed by atoms with Gasteiger partial charge in [0.05, 0.1) is 14.2 Å². The fraction of sp³-hybridized carbons (Fsp3) is 0.125. The van der Waals surface area contributed by atoms with Crippen LogP contribution in [0.15, 0.2) is 36.4 Å². The fourth-order valence-corrected chi connectivity index (χ4v) is 1.71. The molecule has 20 heavy (non-hydrogen) atoms. The second-order valence-corrected chi connectivity index (χ2v) is 4.03. The van der Waals surface area contributed by atoms with Gasteiger partial charge in [-0.05, 0) is 36.4 Å². The van der Waals surface area contributed by atoms with Crippen LogP contribution in [0.3, 0.4) is 0 Å². The summed E-state index contributed by atoms with van der Waals surface area (Å²) in [5.74, 6) is 6.72. The molecule has 0 fully saturated rings. The van der Waals surface area contributed by atoms with Crippen molar-refractivity contribution in [1.29, 1.82) is 0 Å². The lowest BCUT2D eigenvalue weighted by molar-refractivity contribution is 0.333. The summed E-state index contributed by atoms with van der Waals surface area (Å²) in [4.78, 5) is 0. The summed E-state index contributed by atoms with van der Waals surface area (Å²) in [6, 6.07) is 9.75. The normalized spacial score (nSPS) is 9.50. The molecule has 0 bridgehead atoms. The zero-order valence-electron chi connectivity index (χ0n) is 11.2. The number of methoxy groups -OCH3 is 2. The van der Waals surface area contributed by atoms with Crippen LogP contribution < -0.4 is 9.47 Å². The topological polar surface area (TPSA) is 58.9 Å². The molecule has 102 valence electrons. The minimum Gasteiger partial charge on any atom is -0.508 e. The predicted molar refractivity (Wildman–Crippen MR) is 75.3 cm³/mol. The van der Waals surface area contributed by atoms with Crippen molar-refractivity contribution in [1.82, 2.24) is 0 Å². The van der Waals surface area contributed by atoms with E-state index < -0.39 is 0 Å². The molecule has 2 rings (SSSR count). The molecule has 0 amide bonds. The standard InChI is InChI=1S/C16H14O4/c1-19-15-10-12(9-14(18)16(15)20-2)4-3-11-5-7-13(17)8-6-11/h5-10,17-18H,1-2H3. The molecule has 0 aliphatic rings. The first-order valence-electron chi connectivity index (χ1n) is 5.90. The molecule has 0 aromatic heterocycles. The zero-order valence-corrected chi connectivity index (χ0v) is 11.2. The minimum absolute atomic E-state index is 0.0261. The van der Waals surface area contributed by atoms with Crippen molar-refractivity contribution >= 4 is 0 Å². The highest BCUT2D eigenvalue weighted by molar-refractivity contribution is 5.57. The molecule has 0 heterocycles. The Balaban J connectivity index is 2.35. The second kappa shape index (κ2) is 5.89. The number of ether oxygens (including phenoxy) is 2. The quantitative estimate of drug-likeness (QED) is 0.823. The Morgan fingerprint density at radius 2 is 1.50 bits per heavy atom. The monoisotopic (exact) mass is 270 g/mol. The van der Waals surface area contributed by atoms with E-state index in [4.69, 9.17) is 9.47 Å². The molecule has 2 aromatic rings. The van der Waals surface area contributed by atoms with E-state index in [9.17, 15) is 10.2 Å². The van der Waals surface area contributed by atoms with E-state index in [0.29, 0.717) is 11.3 Å². The Kier molecular flexibility index (Phi) is 4.02. The number of phenolic OH excluding ortho intramolecular Hbond substituents is 2. The van der Waals surface area contributed by atoms with E-state index in [1.807, 2.05) is 0 Å². The Labute approximate surface area is 117 Å². The number of rotatable bonds is 2. The van der Waals surface area contributed by atoms with E-state index in [1.54, 1.807) is 30.3 Å². The Hall–Kier alpha value is -2.80. The third-order valence-corrected chi connectivity index (χ3v) is 2.68. The average molecular weight is 270 g/mol. The van der Waals surface area contributed by atoms with E-state index in [-0.39, 0.29) is 17.2 Å². The predicted octanol–water partition coefficient (Wildman–Crippen LogP) is 2.51. The second-order valence-electron chi connectivity index (χ2n) is 4.03. The van der Waals surface area contributed by atoms with Crippen LogP contribution in [0.4, 0.5) is 0 Å². The lowest BCUT2D eigenvalue weighted by Crippen LogP contribution is -1.92. The Morgan fingerprint density at radius 3 is 2.10 bits per heavy atom. The maximum absolute atomic E-state index is 9.83. The molecule has 4 heteroatoms. The van der Waals surface area contributed by atoms with Gasteiger partial charge >= 0.3 is 0 Å². The van der Waals surface area contributed by atoms with Gasteiger partial charge in [-0.1, -0.05) is 11.8 Å². The Morgan fingerprint density at radius 1 is 0.850 bits per heavy atom. The van der Waals surface area contributed by atoms with E-state index >= 15 is 0 Å². The summed E-state index contributed by atoms with van der Waals surface area (Å²) in [5.41, 5.74) is 1.37. The van der Waals surface area contributed by atoms with E-state index in [2.05, 4.69) is 11.8 Å². The molecule has 0 aliphatic heterocycles. The molecule has 0 saturated carbocycles. The van der Waals surface area contributed by atoms with Gasteiger partial charge in [0, 0.05) is 11.1 Å². The van der Waals surface area contributed by atoms with Gasteiger partial charge in [0.2, 0.25) is 5.75 Å². The highest BCUT2D eigenvalue weighted by Crippen LogP contribution is 2.37. The molecule has 0 aliphatic carbocycles. The maximum Gasteiger partial charge on any atom is 0.203 e. The lowest BCUT2D eigenvalue weighted by Gasteiger charge is -2.09. The van der Waals surface area contributed by atoms with Crippen LogP contribution in [-0.2, 0) is 0 Å². The van der Waals surface area contributed by atoms with Gasteiger partial charge in [-0.3, -0.25) is 0 Å².